The van der Waals surface area contributed by atoms with E-state index in [1.54, 1.807) is 6.07 Å². The fraction of sp³-hybridized carbons (Fsp3) is 0.286. The average molecular weight is 167 g/mol. The van der Waals surface area contributed by atoms with Crippen LogP contribution in [0.15, 0.2) is 18.6 Å². The second-order valence-electron chi connectivity index (χ2n) is 2.26. The summed E-state index contributed by atoms with van der Waals surface area (Å²) in [5, 5.41) is 8.69. The van der Waals surface area contributed by atoms with Crippen molar-refractivity contribution in [1.82, 2.24) is 9.97 Å². The van der Waals surface area contributed by atoms with Crippen LogP contribution in [0.4, 0.5) is 0 Å². The first kappa shape index (κ1) is 8.61. The maximum Gasteiger partial charge on any atom is 0.313 e. The predicted octanol–water partition coefficient (Wildman–Crippen LogP) is -0.397. The third-order valence-electron chi connectivity index (χ3n) is 1.50. The van der Waals surface area contributed by atoms with Gasteiger partial charge in [0.05, 0.1) is 5.69 Å². The third-order valence-corrected chi connectivity index (χ3v) is 1.50. The Hall–Kier alpha value is -1.49. The second-order valence-corrected chi connectivity index (χ2v) is 2.26. The summed E-state index contributed by atoms with van der Waals surface area (Å²) in [5.41, 5.74) is 5.71. The van der Waals surface area contributed by atoms with E-state index in [2.05, 4.69) is 9.97 Å². The van der Waals surface area contributed by atoms with Gasteiger partial charge in [0, 0.05) is 12.7 Å². The highest BCUT2D eigenvalue weighted by molar-refractivity contribution is 5.75. The quantitative estimate of drug-likeness (QED) is 0.639. The molecule has 1 aromatic heterocycles. The van der Waals surface area contributed by atoms with Crippen molar-refractivity contribution in [1.29, 1.82) is 0 Å². The summed E-state index contributed by atoms with van der Waals surface area (Å²) in [6.45, 7) is 0.0480. The molecule has 0 bridgehead atoms. The molecule has 0 radical (unpaired) electrons. The van der Waals surface area contributed by atoms with Crippen LogP contribution < -0.4 is 5.73 Å². The molecular formula is C7H9N3O2. The number of nitrogens with two attached hydrogens (primary N) is 1. The summed E-state index contributed by atoms with van der Waals surface area (Å²) < 4.78 is 0. The zero-order valence-electron chi connectivity index (χ0n) is 6.34. The van der Waals surface area contributed by atoms with Crippen LogP contribution in [-0.4, -0.2) is 27.6 Å². The van der Waals surface area contributed by atoms with Gasteiger partial charge in [-0.05, 0) is 6.07 Å². The number of nitrogens with zero attached hydrogens (tertiary/aromatic N) is 2. The molecule has 12 heavy (non-hydrogen) atoms. The lowest BCUT2D eigenvalue weighted by Gasteiger charge is -2.06. The number of aromatic nitrogens is 2. The van der Waals surface area contributed by atoms with Crippen LogP contribution in [0.25, 0.3) is 0 Å². The zero-order chi connectivity index (χ0) is 8.97. The van der Waals surface area contributed by atoms with E-state index in [1.807, 2.05) is 0 Å². The third kappa shape index (κ3) is 1.76. The lowest BCUT2D eigenvalue weighted by atomic mass is 10.1. The van der Waals surface area contributed by atoms with Gasteiger partial charge < -0.3 is 10.8 Å². The van der Waals surface area contributed by atoms with E-state index in [-0.39, 0.29) is 6.54 Å². The van der Waals surface area contributed by atoms with Gasteiger partial charge in [0.25, 0.3) is 0 Å². The molecule has 0 aliphatic heterocycles. The first-order valence-electron chi connectivity index (χ1n) is 3.44. The lowest BCUT2D eigenvalue weighted by Crippen LogP contribution is -2.22. The summed E-state index contributed by atoms with van der Waals surface area (Å²) in [7, 11) is 0. The highest BCUT2D eigenvalue weighted by Gasteiger charge is 2.18. The minimum absolute atomic E-state index is 0.0480. The fourth-order valence-electron chi connectivity index (χ4n) is 0.855. The van der Waals surface area contributed by atoms with Gasteiger partial charge in [-0.15, -0.1) is 0 Å². The monoisotopic (exact) mass is 167 g/mol. The fourth-order valence-corrected chi connectivity index (χ4v) is 0.855. The highest BCUT2D eigenvalue weighted by Crippen LogP contribution is 2.09. The summed E-state index contributed by atoms with van der Waals surface area (Å²) in [6, 6.07) is 1.55. The molecule has 1 unspecified atom stereocenters. The van der Waals surface area contributed by atoms with E-state index in [9.17, 15) is 4.79 Å². The van der Waals surface area contributed by atoms with Crippen molar-refractivity contribution in [2.75, 3.05) is 6.54 Å². The Kier molecular flexibility index (Phi) is 2.71. The second kappa shape index (κ2) is 3.77. The van der Waals surface area contributed by atoms with Crippen LogP contribution >= 0.6 is 0 Å². The minimum atomic E-state index is -0.962. The maximum atomic E-state index is 10.6. The van der Waals surface area contributed by atoms with E-state index in [0.717, 1.165) is 0 Å². The number of hydrogen-bond donors (Lipinski definition) is 2. The van der Waals surface area contributed by atoms with Gasteiger partial charge in [0.1, 0.15) is 12.2 Å². The molecule has 0 aromatic carbocycles. The van der Waals surface area contributed by atoms with Crippen LogP contribution in [-0.2, 0) is 4.79 Å². The molecule has 1 atom stereocenters. The van der Waals surface area contributed by atoms with Gasteiger partial charge in [-0.25, -0.2) is 9.97 Å². The lowest BCUT2D eigenvalue weighted by molar-refractivity contribution is -0.138. The van der Waals surface area contributed by atoms with Gasteiger partial charge in [0.2, 0.25) is 0 Å². The molecule has 5 heteroatoms. The number of aliphatic carboxylic acids is 1. The SMILES string of the molecule is NCC(C(=O)O)c1ccncn1. The summed E-state index contributed by atoms with van der Waals surface area (Å²) in [6.07, 6.45) is 2.80. The first-order valence-corrected chi connectivity index (χ1v) is 3.44. The molecule has 0 aliphatic carbocycles. The Bertz CT molecular complexity index is 263. The molecule has 1 heterocycles. The molecule has 64 valence electrons. The number of carbonyl (C=O) groups is 1. The average Bonchev–Trinajstić information content (AvgIpc) is 2.07. The van der Waals surface area contributed by atoms with Gasteiger partial charge >= 0.3 is 5.97 Å². The Morgan fingerprint density at radius 3 is 2.92 bits per heavy atom. The summed E-state index contributed by atoms with van der Waals surface area (Å²) in [4.78, 5) is 18.1. The molecular weight excluding hydrogens is 158 g/mol. The van der Waals surface area contributed by atoms with Gasteiger partial charge in [-0.3, -0.25) is 4.79 Å². The van der Waals surface area contributed by atoms with Crippen LogP contribution in [0.5, 0.6) is 0 Å². The molecule has 0 spiro atoms. The summed E-state index contributed by atoms with van der Waals surface area (Å²) in [5.74, 6) is -1.69. The van der Waals surface area contributed by atoms with Crippen molar-refractivity contribution in [3.63, 3.8) is 0 Å². The number of carboxylic acid groups (broad SMARTS) is 1. The Morgan fingerprint density at radius 1 is 1.75 bits per heavy atom. The Labute approximate surface area is 69.3 Å². The van der Waals surface area contributed by atoms with Crippen molar-refractivity contribution < 1.29 is 9.90 Å². The molecule has 0 fully saturated rings. The zero-order valence-corrected chi connectivity index (χ0v) is 6.34. The molecule has 3 N–H and O–H groups in total. The van der Waals surface area contributed by atoms with Gasteiger partial charge in [-0.2, -0.15) is 0 Å². The molecule has 1 aromatic rings. The van der Waals surface area contributed by atoms with Crippen molar-refractivity contribution in [3.05, 3.63) is 24.3 Å². The topological polar surface area (TPSA) is 89.1 Å². The predicted molar refractivity (Wildman–Crippen MR) is 41.5 cm³/mol. The van der Waals surface area contributed by atoms with E-state index < -0.39 is 11.9 Å². The van der Waals surface area contributed by atoms with Crippen LogP contribution in [0.3, 0.4) is 0 Å². The van der Waals surface area contributed by atoms with Gasteiger partial charge in [0.15, 0.2) is 0 Å². The molecule has 0 aliphatic rings. The van der Waals surface area contributed by atoms with Crippen molar-refractivity contribution in [3.8, 4) is 0 Å². The Balaban J connectivity index is 2.88. The standard InChI is InChI=1S/C7H9N3O2/c8-3-5(7(11)12)6-1-2-9-4-10-6/h1-2,4-5H,3,8H2,(H,11,12). The van der Waals surface area contributed by atoms with Crippen molar-refractivity contribution in [2.45, 2.75) is 5.92 Å². The largest absolute Gasteiger partial charge is 0.481 e. The van der Waals surface area contributed by atoms with E-state index in [4.69, 9.17) is 10.8 Å². The van der Waals surface area contributed by atoms with Crippen LogP contribution in [0, 0.1) is 0 Å². The van der Waals surface area contributed by atoms with Crippen LogP contribution in [0.1, 0.15) is 11.6 Å². The summed E-state index contributed by atoms with van der Waals surface area (Å²) >= 11 is 0. The molecule has 1 rings (SSSR count). The minimum Gasteiger partial charge on any atom is -0.481 e. The number of carboxylic acids is 1. The highest BCUT2D eigenvalue weighted by atomic mass is 16.4. The Morgan fingerprint density at radius 2 is 2.50 bits per heavy atom. The molecule has 0 saturated heterocycles. The van der Waals surface area contributed by atoms with Crippen molar-refractivity contribution in [2.24, 2.45) is 5.73 Å². The molecule has 0 saturated carbocycles. The smallest absolute Gasteiger partial charge is 0.313 e. The normalized spacial score (nSPS) is 12.4. The number of hydrogen-bond acceptors (Lipinski definition) is 4. The number of rotatable bonds is 3. The van der Waals surface area contributed by atoms with E-state index >= 15 is 0 Å². The molecule has 5 nitrogen and oxygen atoms in total. The molecule has 0 amide bonds. The van der Waals surface area contributed by atoms with Gasteiger partial charge in [-0.1, -0.05) is 0 Å². The first-order chi connectivity index (χ1) is 5.75. The van der Waals surface area contributed by atoms with Crippen molar-refractivity contribution >= 4 is 5.97 Å². The van der Waals surface area contributed by atoms with E-state index in [1.165, 1.54) is 12.5 Å². The van der Waals surface area contributed by atoms with Crippen LogP contribution in [0.2, 0.25) is 0 Å². The van der Waals surface area contributed by atoms with E-state index in [0.29, 0.717) is 5.69 Å². The maximum absolute atomic E-state index is 10.6.